The predicted octanol–water partition coefficient (Wildman–Crippen LogP) is 1.05. The lowest BCUT2D eigenvalue weighted by Crippen LogP contribution is -2.40. The minimum absolute atomic E-state index is 0.0752. The maximum absolute atomic E-state index is 14.4. The lowest BCUT2D eigenvalue weighted by Gasteiger charge is -2.26. The molecule has 2 aliphatic rings. The zero-order chi connectivity index (χ0) is 14.8. The second kappa shape index (κ2) is 6.17. The molecule has 0 saturated carbocycles. The highest BCUT2D eigenvalue weighted by Gasteiger charge is 2.27. The van der Waals surface area contributed by atoms with Gasteiger partial charge in [0.1, 0.15) is 13.2 Å². The highest BCUT2D eigenvalue weighted by molar-refractivity contribution is 5.46. The number of nitrogens with two attached hydrogens (primary N) is 1. The molecule has 1 saturated heterocycles. The highest BCUT2D eigenvalue weighted by Crippen LogP contribution is 2.37. The first-order valence-electron chi connectivity index (χ1n) is 7.41. The average molecular weight is 296 g/mol. The number of fused-ring (bicyclic) bond motifs is 1. The number of halogens is 1. The van der Waals surface area contributed by atoms with Gasteiger partial charge in [-0.3, -0.25) is 0 Å². The summed E-state index contributed by atoms with van der Waals surface area (Å²) in [6, 6.07) is 2.62. The van der Waals surface area contributed by atoms with E-state index in [9.17, 15) is 9.50 Å². The van der Waals surface area contributed by atoms with Gasteiger partial charge in [-0.25, -0.2) is 4.39 Å². The van der Waals surface area contributed by atoms with Gasteiger partial charge in [0, 0.05) is 18.2 Å². The van der Waals surface area contributed by atoms with Crippen molar-refractivity contribution in [2.75, 3.05) is 32.8 Å². The maximum Gasteiger partial charge on any atom is 0.197 e. The van der Waals surface area contributed by atoms with Gasteiger partial charge in [0.05, 0.1) is 6.10 Å². The molecule has 0 aromatic heterocycles. The zero-order valence-corrected chi connectivity index (χ0v) is 11.9. The Balaban J connectivity index is 1.75. The van der Waals surface area contributed by atoms with Crippen LogP contribution >= 0.6 is 0 Å². The molecule has 6 heteroatoms. The van der Waals surface area contributed by atoms with Crippen LogP contribution in [0.15, 0.2) is 12.1 Å². The molecule has 2 heterocycles. The number of likely N-dealkylation sites (tertiary alicyclic amines) is 1. The van der Waals surface area contributed by atoms with Crippen molar-refractivity contribution in [1.82, 2.24) is 4.90 Å². The number of rotatable bonds is 4. The molecule has 2 unspecified atom stereocenters. The number of hydrogen-bond acceptors (Lipinski definition) is 5. The standard InChI is InChI=1S/C15H21FN2O3/c16-13-10(3-4-12-15(13)21-8-7-20-12)14(19)11(17)9-18-5-1-2-6-18/h3-4,11,14,19H,1-2,5-9,17H2. The van der Waals surface area contributed by atoms with E-state index in [1.54, 1.807) is 6.07 Å². The molecule has 2 aliphatic heterocycles. The summed E-state index contributed by atoms with van der Waals surface area (Å²) in [6.07, 6.45) is 1.25. The van der Waals surface area contributed by atoms with Gasteiger partial charge in [0.15, 0.2) is 17.3 Å². The fraction of sp³-hybridized carbons (Fsp3) is 0.600. The van der Waals surface area contributed by atoms with Crippen molar-refractivity contribution in [1.29, 1.82) is 0 Å². The second-order valence-electron chi connectivity index (χ2n) is 5.61. The molecule has 1 fully saturated rings. The van der Waals surface area contributed by atoms with E-state index in [0.29, 0.717) is 25.5 Å². The number of aliphatic hydroxyl groups is 1. The predicted molar refractivity (Wildman–Crippen MR) is 76.0 cm³/mol. The molecule has 116 valence electrons. The Bertz CT molecular complexity index is 506. The van der Waals surface area contributed by atoms with Gasteiger partial charge in [0.25, 0.3) is 0 Å². The van der Waals surface area contributed by atoms with Crippen molar-refractivity contribution < 1.29 is 19.0 Å². The van der Waals surface area contributed by atoms with Crippen LogP contribution in [0.5, 0.6) is 11.5 Å². The molecule has 3 N–H and O–H groups in total. The van der Waals surface area contributed by atoms with Gasteiger partial charge in [-0.2, -0.15) is 0 Å². The van der Waals surface area contributed by atoms with Crippen LogP contribution in [0.25, 0.3) is 0 Å². The Kier molecular flexibility index (Phi) is 4.28. The Morgan fingerprint density at radius 1 is 1.24 bits per heavy atom. The van der Waals surface area contributed by atoms with E-state index in [-0.39, 0.29) is 11.3 Å². The van der Waals surface area contributed by atoms with Crippen LogP contribution < -0.4 is 15.2 Å². The van der Waals surface area contributed by atoms with Crippen molar-refractivity contribution in [3.63, 3.8) is 0 Å². The van der Waals surface area contributed by atoms with Gasteiger partial charge in [-0.1, -0.05) is 0 Å². The quantitative estimate of drug-likeness (QED) is 0.869. The molecular weight excluding hydrogens is 275 g/mol. The maximum atomic E-state index is 14.4. The van der Waals surface area contributed by atoms with Crippen LogP contribution in [0.3, 0.4) is 0 Å². The Morgan fingerprint density at radius 2 is 1.95 bits per heavy atom. The van der Waals surface area contributed by atoms with E-state index < -0.39 is 18.0 Å². The molecule has 21 heavy (non-hydrogen) atoms. The first-order valence-corrected chi connectivity index (χ1v) is 7.41. The van der Waals surface area contributed by atoms with E-state index >= 15 is 0 Å². The molecule has 1 aromatic rings. The zero-order valence-electron chi connectivity index (χ0n) is 11.9. The van der Waals surface area contributed by atoms with Gasteiger partial charge < -0.3 is 25.2 Å². The third kappa shape index (κ3) is 2.97. The minimum atomic E-state index is -1.05. The van der Waals surface area contributed by atoms with Gasteiger partial charge in [0.2, 0.25) is 0 Å². The summed E-state index contributed by atoms with van der Waals surface area (Å²) >= 11 is 0. The summed E-state index contributed by atoms with van der Waals surface area (Å²) in [5.74, 6) is -0.120. The molecule has 2 atom stereocenters. The summed E-state index contributed by atoms with van der Waals surface area (Å²) in [5.41, 5.74) is 6.22. The third-order valence-electron chi connectivity index (χ3n) is 4.07. The highest BCUT2D eigenvalue weighted by atomic mass is 19.1. The number of ether oxygens (including phenoxy) is 2. The van der Waals surface area contributed by atoms with E-state index in [0.717, 1.165) is 25.9 Å². The van der Waals surface area contributed by atoms with E-state index in [1.165, 1.54) is 6.07 Å². The number of hydrogen-bond donors (Lipinski definition) is 2. The van der Waals surface area contributed by atoms with Crippen LogP contribution in [0.1, 0.15) is 24.5 Å². The summed E-state index contributed by atoms with van der Waals surface area (Å²) < 4.78 is 25.1. The molecule has 3 rings (SSSR count). The van der Waals surface area contributed by atoms with E-state index in [1.807, 2.05) is 0 Å². The summed E-state index contributed by atoms with van der Waals surface area (Å²) in [7, 11) is 0. The number of aliphatic hydroxyl groups excluding tert-OH is 1. The third-order valence-corrected chi connectivity index (χ3v) is 4.07. The molecule has 1 aromatic carbocycles. The van der Waals surface area contributed by atoms with Crippen LogP contribution in [0.2, 0.25) is 0 Å². The normalized spacial score (nSPS) is 21.3. The van der Waals surface area contributed by atoms with Crippen LogP contribution in [0.4, 0.5) is 4.39 Å². The molecule has 5 nitrogen and oxygen atoms in total. The van der Waals surface area contributed by atoms with Crippen LogP contribution in [-0.2, 0) is 0 Å². The fourth-order valence-corrected chi connectivity index (χ4v) is 2.92. The van der Waals surface area contributed by atoms with E-state index in [4.69, 9.17) is 15.2 Å². The first-order chi connectivity index (χ1) is 10.2. The number of nitrogens with zero attached hydrogens (tertiary/aromatic N) is 1. The van der Waals surface area contributed by atoms with Crippen molar-refractivity contribution in [2.24, 2.45) is 5.73 Å². The van der Waals surface area contributed by atoms with Gasteiger partial charge >= 0.3 is 0 Å². The van der Waals surface area contributed by atoms with Crippen molar-refractivity contribution in [3.8, 4) is 11.5 Å². The lowest BCUT2D eigenvalue weighted by molar-refractivity contribution is 0.118. The fourth-order valence-electron chi connectivity index (χ4n) is 2.92. The molecule has 0 aliphatic carbocycles. The smallest absolute Gasteiger partial charge is 0.197 e. The summed E-state index contributed by atoms with van der Waals surface area (Å²) in [6.45, 7) is 3.26. The van der Waals surface area contributed by atoms with E-state index in [2.05, 4.69) is 4.90 Å². The molecular formula is C15H21FN2O3. The Hall–Kier alpha value is -1.37. The minimum Gasteiger partial charge on any atom is -0.486 e. The molecule has 0 radical (unpaired) electrons. The van der Waals surface area contributed by atoms with Gasteiger partial charge in [-0.15, -0.1) is 0 Å². The molecule has 0 amide bonds. The van der Waals surface area contributed by atoms with Crippen molar-refractivity contribution >= 4 is 0 Å². The van der Waals surface area contributed by atoms with Crippen LogP contribution in [0, 0.1) is 5.82 Å². The SMILES string of the molecule is NC(CN1CCCC1)C(O)c1ccc2c(c1F)OCCO2. The number of benzene rings is 1. The monoisotopic (exact) mass is 296 g/mol. The Morgan fingerprint density at radius 3 is 2.71 bits per heavy atom. The van der Waals surface area contributed by atoms with Crippen molar-refractivity contribution in [3.05, 3.63) is 23.5 Å². The second-order valence-corrected chi connectivity index (χ2v) is 5.61. The van der Waals surface area contributed by atoms with Gasteiger partial charge in [-0.05, 0) is 38.1 Å². The molecule has 0 bridgehead atoms. The molecule has 0 spiro atoms. The lowest BCUT2D eigenvalue weighted by atomic mass is 10.0. The first kappa shape index (κ1) is 14.6. The largest absolute Gasteiger partial charge is 0.486 e. The Labute approximate surface area is 123 Å². The van der Waals surface area contributed by atoms with Crippen LogP contribution in [-0.4, -0.2) is 48.9 Å². The summed E-state index contributed by atoms with van der Waals surface area (Å²) in [4.78, 5) is 2.20. The summed E-state index contributed by atoms with van der Waals surface area (Å²) in [5, 5.41) is 10.3. The average Bonchev–Trinajstić information content (AvgIpc) is 3.00. The topological polar surface area (TPSA) is 68.0 Å². The van der Waals surface area contributed by atoms with Crippen molar-refractivity contribution in [2.45, 2.75) is 25.0 Å².